The minimum atomic E-state index is -4.60. The molecule has 0 saturated heterocycles. The van der Waals surface area contributed by atoms with Crippen molar-refractivity contribution in [1.29, 1.82) is 0 Å². The summed E-state index contributed by atoms with van der Waals surface area (Å²) in [4.78, 5) is 11.3. The first-order chi connectivity index (χ1) is 8.34. The van der Waals surface area contributed by atoms with Gasteiger partial charge in [0.25, 0.3) is 0 Å². The van der Waals surface area contributed by atoms with Crippen molar-refractivity contribution in [2.45, 2.75) is 13.1 Å². The third-order valence-corrected chi connectivity index (χ3v) is 2.45. The zero-order chi connectivity index (χ0) is 13.5. The maximum atomic E-state index is 12.8. The molecule has 1 heterocycles. The monoisotopic (exact) mass is 258 g/mol. The Bertz CT molecular complexity index is 617. The van der Waals surface area contributed by atoms with Gasteiger partial charge in [-0.25, -0.2) is 0 Å². The Kier molecular flexibility index (Phi) is 2.76. The van der Waals surface area contributed by atoms with Crippen molar-refractivity contribution in [1.82, 2.24) is 9.78 Å². The molecule has 7 heteroatoms. The summed E-state index contributed by atoms with van der Waals surface area (Å²) in [7, 11) is 1.39. The van der Waals surface area contributed by atoms with Gasteiger partial charge in [0.2, 0.25) is 5.91 Å². The number of nitrogens with zero attached hydrogens (tertiary/aromatic N) is 2. The Balaban J connectivity index is 2.80. The molecule has 0 N–H and O–H groups in total. The van der Waals surface area contributed by atoms with E-state index in [9.17, 15) is 18.0 Å². The average Bonchev–Trinajstić information content (AvgIpc) is 2.66. The van der Waals surface area contributed by atoms with E-state index in [1.165, 1.54) is 25.3 Å². The highest BCUT2D eigenvalue weighted by Gasteiger charge is 2.37. The quantitative estimate of drug-likeness (QED) is 0.790. The van der Waals surface area contributed by atoms with Gasteiger partial charge in [-0.3, -0.25) is 4.79 Å². The van der Waals surface area contributed by atoms with Crippen LogP contribution in [0.25, 0.3) is 10.9 Å². The summed E-state index contributed by atoms with van der Waals surface area (Å²) >= 11 is 0. The van der Waals surface area contributed by atoms with Crippen LogP contribution in [0.2, 0.25) is 0 Å². The molecule has 0 aliphatic heterocycles. The molecule has 1 aromatic heterocycles. The molecule has 0 atom stereocenters. The fraction of sp³-hybridized carbons (Fsp3) is 0.273. The van der Waals surface area contributed by atoms with Crippen molar-refractivity contribution in [2.24, 2.45) is 0 Å². The van der Waals surface area contributed by atoms with Gasteiger partial charge in [-0.05, 0) is 12.1 Å². The third-order valence-electron chi connectivity index (χ3n) is 2.45. The molecule has 0 bridgehead atoms. The Morgan fingerprint density at radius 1 is 1.39 bits per heavy atom. The number of fused-ring (bicyclic) bond motifs is 1. The number of alkyl halides is 3. The van der Waals surface area contributed by atoms with Crippen LogP contribution in [0.15, 0.2) is 18.2 Å². The molecule has 2 aromatic rings. The highest BCUT2D eigenvalue weighted by atomic mass is 19.4. The van der Waals surface area contributed by atoms with E-state index in [2.05, 4.69) is 5.10 Å². The highest BCUT2D eigenvalue weighted by Crippen LogP contribution is 2.35. The SMILES string of the molecule is COc1ccc2c(C(F)(F)F)nn(C(C)=O)c2c1. The fourth-order valence-corrected chi connectivity index (χ4v) is 1.67. The summed E-state index contributed by atoms with van der Waals surface area (Å²) in [5.41, 5.74) is -0.996. The predicted octanol–water partition coefficient (Wildman–Crippen LogP) is 2.72. The van der Waals surface area contributed by atoms with Gasteiger partial charge in [0, 0.05) is 18.4 Å². The minimum Gasteiger partial charge on any atom is -0.497 e. The number of benzene rings is 1. The van der Waals surface area contributed by atoms with Crippen LogP contribution in [-0.2, 0) is 6.18 Å². The van der Waals surface area contributed by atoms with E-state index in [1.807, 2.05) is 0 Å². The highest BCUT2D eigenvalue weighted by molar-refractivity contribution is 5.92. The summed E-state index contributed by atoms with van der Waals surface area (Å²) in [5.74, 6) is -0.234. The van der Waals surface area contributed by atoms with E-state index >= 15 is 0 Å². The smallest absolute Gasteiger partial charge is 0.435 e. The van der Waals surface area contributed by atoms with Crippen LogP contribution in [0, 0.1) is 0 Å². The Hall–Kier alpha value is -2.05. The van der Waals surface area contributed by atoms with E-state index in [-0.39, 0.29) is 10.9 Å². The lowest BCUT2D eigenvalue weighted by atomic mass is 10.2. The molecule has 18 heavy (non-hydrogen) atoms. The summed E-state index contributed by atoms with van der Waals surface area (Å²) in [6.45, 7) is 1.14. The number of hydrogen-bond acceptors (Lipinski definition) is 3. The standard InChI is InChI=1S/C11H9F3N2O2/c1-6(17)16-9-5-7(18-2)3-4-8(9)10(15-16)11(12,13)14/h3-5H,1-2H3. The summed E-state index contributed by atoms with van der Waals surface area (Å²) < 4.78 is 43.9. The van der Waals surface area contributed by atoms with E-state index in [4.69, 9.17) is 4.74 Å². The summed E-state index contributed by atoms with van der Waals surface area (Å²) in [5, 5.41) is 3.20. The van der Waals surface area contributed by atoms with E-state index in [0.29, 0.717) is 5.75 Å². The number of carbonyl (C=O) groups excluding carboxylic acids is 1. The van der Waals surface area contributed by atoms with Crippen LogP contribution in [0.1, 0.15) is 17.4 Å². The Morgan fingerprint density at radius 2 is 2.06 bits per heavy atom. The van der Waals surface area contributed by atoms with Gasteiger partial charge in [0.1, 0.15) is 5.75 Å². The molecule has 0 aliphatic rings. The van der Waals surface area contributed by atoms with Crippen LogP contribution in [0.4, 0.5) is 13.2 Å². The normalized spacial score (nSPS) is 11.8. The maximum Gasteiger partial charge on any atom is 0.435 e. The van der Waals surface area contributed by atoms with Gasteiger partial charge in [-0.2, -0.15) is 23.0 Å². The van der Waals surface area contributed by atoms with Crippen molar-refractivity contribution in [3.05, 3.63) is 23.9 Å². The number of hydrogen-bond donors (Lipinski definition) is 0. The number of ether oxygens (including phenoxy) is 1. The molecule has 2 rings (SSSR count). The molecule has 1 aromatic carbocycles. The predicted molar refractivity (Wildman–Crippen MR) is 57.6 cm³/mol. The van der Waals surface area contributed by atoms with Crippen molar-refractivity contribution < 1.29 is 22.7 Å². The molecule has 0 radical (unpaired) electrons. The van der Waals surface area contributed by atoms with E-state index < -0.39 is 17.8 Å². The number of rotatable bonds is 1. The first kappa shape index (κ1) is 12.4. The lowest BCUT2D eigenvalue weighted by Crippen LogP contribution is -2.11. The molecule has 0 aliphatic carbocycles. The number of aromatic nitrogens is 2. The molecule has 4 nitrogen and oxygen atoms in total. The lowest BCUT2D eigenvalue weighted by molar-refractivity contribution is -0.140. The van der Waals surface area contributed by atoms with Gasteiger partial charge in [-0.15, -0.1) is 0 Å². The molecule has 0 saturated carbocycles. The second-order valence-electron chi connectivity index (χ2n) is 3.66. The first-order valence-corrected chi connectivity index (χ1v) is 4.99. The Labute approximate surface area is 100.0 Å². The second-order valence-corrected chi connectivity index (χ2v) is 3.66. The number of methoxy groups -OCH3 is 1. The zero-order valence-electron chi connectivity index (χ0n) is 9.58. The molecule has 96 valence electrons. The molecular weight excluding hydrogens is 249 g/mol. The molecule has 0 fully saturated rings. The minimum absolute atomic E-state index is 0.0779. The number of halogens is 3. The largest absolute Gasteiger partial charge is 0.497 e. The van der Waals surface area contributed by atoms with Crippen LogP contribution >= 0.6 is 0 Å². The molecule has 0 unspecified atom stereocenters. The van der Waals surface area contributed by atoms with Gasteiger partial charge >= 0.3 is 6.18 Å². The number of carbonyl (C=O) groups is 1. The first-order valence-electron chi connectivity index (χ1n) is 4.99. The molecule has 0 amide bonds. The van der Waals surface area contributed by atoms with Crippen molar-refractivity contribution >= 4 is 16.8 Å². The lowest BCUT2D eigenvalue weighted by Gasteiger charge is -2.02. The van der Waals surface area contributed by atoms with Crippen molar-refractivity contribution in [3.8, 4) is 5.75 Å². The topological polar surface area (TPSA) is 44.1 Å². The molecular formula is C11H9F3N2O2. The second kappa shape index (κ2) is 4.01. The Morgan fingerprint density at radius 3 is 2.56 bits per heavy atom. The van der Waals surface area contributed by atoms with Gasteiger partial charge in [-0.1, -0.05) is 0 Å². The molecule has 0 spiro atoms. The third kappa shape index (κ3) is 1.92. The van der Waals surface area contributed by atoms with Crippen LogP contribution in [0.5, 0.6) is 5.75 Å². The van der Waals surface area contributed by atoms with Crippen LogP contribution < -0.4 is 4.74 Å². The van der Waals surface area contributed by atoms with E-state index in [1.54, 1.807) is 0 Å². The average molecular weight is 258 g/mol. The summed E-state index contributed by atoms with van der Waals surface area (Å²) in [6, 6.07) is 3.98. The van der Waals surface area contributed by atoms with Crippen LogP contribution in [0.3, 0.4) is 0 Å². The van der Waals surface area contributed by atoms with Crippen molar-refractivity contribution in [2.75, 3.05) is 7.11 Å². The van der Waals surface area contributed by atoms with Gasteiger partial charge in [0.05, 0.1) is 12.6 Å². The zero-order valence-corrected chi connectivity index (χ0v) is 9.58. The van der Waals surface area contributed by atoms with Crippen LogP contribution in [-0.4, -0.2) is 22.8 Å². The van der Waals surface area contributed by atoms with Gasteiger partial charge < -0.3 is 4.74 Å². The summed E-state index contributed by atoms with van der Waals surface area (Å²) in [6.07, 6.45) is -4.60. The fourth-order valence-electron chi connectivity index (χ4n) is 1.67. The maximum absolute atomic E-state index is 12.8. The van der Waals surface area contributed by atoms with E-state index in [0.717, 1.165) is 11.6 Å². The van der Waals surface area contributed by atoms with Gasteiger partial charge in [0.15, 0.2) is 5.69 Å². The van der Waals surface area contributed by atoms with Crippen molar-refractivity contribution in [3.63, 3.8) is 0 Å².